The largest absolute Gasteiger partial charge is 0.309 e. The quantitative estimate of drug-likeness (QED) is 0.836. The van der Waals surface area contributed by atoms with Gasteiger partial charge in [-0.15, -0.1) is 11.3 Å². The zero-order chi connectivity index (χ0) is 14.6. The Bertz CT molecular complexity index is 399. The van der Waals surface area contributed by atoms with Crippen molar-refractivity contribution in [3.05, 3.63) is 16.1 Å². The molecule has 1 fully saturated rings. The maximum Gasteiger partial charge on any atom is 0.0981 e. The van der Waals surface area contributed by atoms with E-state index >= 15 is 0 Å². The minimum Gasteiger partial charge on any atom is -0.309 e. The van der Waals surface area contributed by atoms with E-state index in [0.29, 0.717) is 6.04 Å². The second kappa shape index (κ2) is 7.04. The van der Waals surface area contributed by atoms with Gasteiger partial charge in [0.2, 0.25) is 0 Å². The molecule has 1 unspecified atom stereocenters. The number of rotatable bonds is 5. The number of aromatic nitrogens is 1. The van der Waals surface area contributed by atoms with E-state index in [2.05, 4.69) is 44.2 Å². The minimum atomic E-state index is 0.177. The third-order valence-electron chi connectivity index (χ3n) is 4.39. The first-order valence-corrected chi connectivity index (χ1v) is 9.01. The molecule has 2 rings (SSSR count). The zero-order valence-corrected chi connectivity index (χ0v) is 14.4. The molecular weight excluding hydrogens is 264 g/mol. The van der Waals surface area contributed by atoms with Gasteiger partial charge in [-0.2, -0.15) is 0 Å². The van der Waals surface area contributed by atoms with Gasteiger partial charge < -0.3 is 5.32 Å². The Kier molecular flexibility index (Phi) is 5.62. The summed E-state index contributed by atoms with van der Waals surface area (Å²) in [6.07, 6.45) is 10.4. The van der Waals surface area contributed by atoms with E-state index in [1.165, 1.54) is 48.4 Å². The molecule has 3 heteroatoms. The lowest BCUT2D eigenvalue weighted by molar-refractivity contribution is 0.262. The second-order valence-electron chi connectivity index (χ2n) is 7.18. The van der Waals surface area contributed by atoms with Crippen molar-refractivity contribution >= 4 is 11.3 Å². The SMILES string of the molecule is CCC(NCc1cnc(C(C)(C)C)s1)C1CCCCC1. The van der Waals surface area contributed by atoms with Crippen molar-refractivity contribution in [2.24, 2.45) is 5.92 Å². The fourth-order valence-electron chi connectivity index (χ4n) is 3.15. The van der Waals surface area contributed by atoms with Gasteiger partial charge in [-0.05, 0) is 25.2 Å². The van der Waals surface area contributed by atoms with Crippen molar-refractivity contribution in [1.82, 2.24) is 10.3 Å². The molecule has 1 aliphatic rings. The zero-order valence-electron chi connectivity index (χ0n) is 13.5. The summed E-state index contributed by atoms with van der Waals surface area (Å²) in [7, 11) is 0. The van der Waals surface area contributed by atoms with Crippen LogP contribution in [0.25, 0.3) is 0 Å². The molecule has 1 aliphatic carbocycles. The van der Waals surface area contributed by atoms with Crippen LogP contribution in [0.2, 0.25) is 0 Å². The van der Waals surface area contributed by atoms with Crippen LogP contribution in [0.1, 0.15) is 76.1 Å². The van der Waals surface area contributed by atoms with Crippen LogP contribution in [0.3, 0.4) is 0 Å². The standard InChI is InChI=1S/C17H30N2S/c1-5-15(13-9-7-6-8-10-13)18-11-14-12-19-16(20-14)17(2,3)4/h12-13,15,18H,5-11H2,1-4H3. The van der Waals surface area contributed by atoms with Gasteiger partial charge in [-0.3, -0.25) is 0 Å². The van der Waals surface area contributed by atoms with Gasteiger partial charge in [-0.25, -0.2) is 4.98 Å². The van der Waals surface area contributed by atoms with E-state index in [-0.39, 0.29) is 5.41 Å². The summed E-state index contributed by atoms with van der Waals surface area (Å²) in [5.41, 5.74) is 0.177. The Morgan fingerprint density at radius 2 is 2.00 bits per heavy atom. The third kappa shape index (κ3) is 4.29. The highest BCUT2D eigenvalue weighted by molar-refractivity contribution is 7.11. The molecule has 114 valence electrons. The van der Waals surface area contributed by atoms with Crippen LogP contribution < -0.4 is 5.32 Å². The number of hydrogen-bond donors (Lipinski definition) is 1. The molecule has 1 N–H and O–H groups in total. The average molecular weight is 295 g/mol. The van der Waals surface area contributed by atoms with Gasteiger partial charge in [0.25, 0.3) is 0 Å². The Balaban J connectivity index is 1.88. The van der Waals surface area contributed by atoms with Crippen molar-refractivity contribution in [3.63, 3.8) is 0 Å². The topological polar surface area (TPSA) is 24.9 Å². The smallest absolute Gasteiger partial charge is 0.0981 e. The number of nitrogens with one attached hydrogen (secondary N) is 1. The Morgan fingerprint density at radius 1 is 1.30 bits per heavy atom. The van der Waals surface area contributed by atoms with Crippen LogP contribution in [0.4, 0.5) is 0 Å². The summed E-state index contributed by atoms with van der Waals surface area (Å²) in [6.45, 7) is 10.0. The fraction of sp³-hybridized carbons (Fsp3) is 0.824. The normalized spacial score (nSPS) is 19.2. The summed E-state index contributed by atoms with van der Waals surface area (Å²) in [4.78, 5) is 5.96. The lowest BCUT2D eigenvalue weighted by Crippen LogP contribution is -2.36. The van der Waals surface area contributed by atoms with Gasteiger partial charge in [0.1, 0.15) is 0 Å². The Labute approximate surface area is 128 Å². The number of nitrogens with zero attached hydrogens (tertiary/aromatic N) is 1. The van der Waals surface area contributed by atoms with Gasteiger partial charge >= 0.3 is 0 Å². The van der Waals surface area contributed by atoms with Gasteiger partial charge in [0.05, 0.1) is 5.01 Å². The molecule has 2 nitrogen and oxygen atoms in total. The third-order valence-corrected chi connectivity index (χ3v) is 5.82. The summed E-state index contributed by atoms with van der Waals surface area (Å²) in [6, 6.07) is 0.690. The first kappa shape index (κ1) is 16.0. The molecule has 0 aromatic carbocycles. The van der Waals surface area contributed by atoms with E-state index in [1.807, 2.05) is 11.3 Å². The monoisotopic (exact) mass is 294 g/mol. The van der Waals surface area contributed by atoms with E-state index < -0.39 is 0 Å². The van der Waals surface area contributed by atoms with Crippen molar-refractivity contribution in [3.8, 4) is 0 Å². The van der Waals surface area contributed by atoms with Crippen LogP contribution in [0.15, 0.2) is 6.20 Å². The summed E-state index contributed by atoms with van der Waals surface area (Å²) in [5, 5.41) is 5.04. The molecule has 1 atom stereocenters. The molecule has 1 saturated carbocycles. The van der Waals surface area contributed by atoms with E-state index in [1.54, 1.807) is 0 Å². The van der Waals surface area contributed by atoms with E-state index in [9.17, 15) is 0 Å². The van der Waals surface area contributed by atoms with Gasteiger partial charge in [-0.1, -0.05) is 47.0 Å². The molecule has 1 aromatic rings. The van der Waals surface area contributed by atoms with Gasteiger partial charge in [0.15, 0.2) is 0 Å². The highest BCUT2D eigenvalue weighted by Crippen LogP contribution is 2.29. The van der Waals surface area contributed by atoms with Crippen molar-refractivity contribution in [2.75, 3.05) is 0 Å². The van der Waals surface area contributed by atoms with Crippen molar-refractivity contribution in [2.45, 2.75) is 84.2 Å². The highest BCUT2D eigenvalue weighted by Gasteiger charge is 2.22. The predicted octanol–water partition coefficient (Wildman–Crippen LogP) is 4.89. The summed E-state index contributed by atoms with van der Waals surface area (Å²) >= 11 is 1.87. The highest BCUT2D eigenvalue weighted by atomic mass is 32.1. The average Bonchev–Trinajstić information content (AvgIpc) is 2.89. The lowest BCUT2D eigenvalue weighted by atomic mass is 9.83. The molecule has 0 spiro atoms. The van der Waals surface area contributed by atoms with Crippen LogP contribution >= 0.6 is 11.3 Å². The Morgan fingerprint density at radius 3 is 2.55 bits per heavy atom. The minimum absolute atomic E-state index is 0.177. The molecule has 0 saturated heterocycles. The molecule has 0 bridgehead atoms. The maximum atomic E-state index is 4.58. The van der Waals surface area contributed by atoms with Crippen LogP contribution in [0.5, 0.6) is 0 Å². The van der Waals surface area contributed by atoms with Crippen molar-refractivity contribution in [1.29, 1.82) is 0 Å². The van der Waals surface area contributed by atoms with E-state index in [0.717, 1.165) is 12.5 Å². The predicted molar refractivity (Wildman–Crippen MR) is 88.3 cm³/mol. The number of thiazole rings is 1. The van der Waals surface area contributed by atoms with Gasteiger partial charge in [0, 0.05) is 29.1 Å². The molecule has 0 aliphatic heterocycles. The lowest BCUT2D eigenvalue weighted by Gasteiger charge is -2.30. The number of hydrogen-bond acceptors (Lipinski definition) is 3. The van der Waals surface area contributed by atoms with Crippen LogP contribution in [-0.2, 0) is 12.0 Å². The first-order chi connectivity index (χ1) is 9.50. The summed E-state index contributed by atoms with van der Waals surface area (Å²) in [5.74, 6) is 0.892. The molecule has 1 aromatic heterocycles. The maximum absolute atomic E-state index is 4.58. The molecule has 0 amide bonds. The van der Waals surface area contributed by atoms with Crippen LogP contribution in [0, 0.1) is 5.92 Å². The first-order valence-electron chi connectivity index (χ1n) is 8.19. The van der Waals surface area contributed by atoms with E-state index in [4.69, 9.17) is 0 Å². The summed E-state index contributed by atoms with van der Waals surface area (Å²) < 4.78 is 0. The van der Waals surface area contributed by atoms with Crippen molar-refractivity contribution < 1.29 is 0 Å². The fourth-order valence-corrected chi connectivity index (χ4v) is 4.07. The second-order valence-corrected chi connectivity index (χ2v) is 8.29. The molecule has 1 heterocycles. The Hall–Kier alpha value is -0.410. The molecular formula is C17H30N2S. The van der Waals surface area contributed by atoms with Crippen LogP contribution in [-0.4, -0.2) is 11.0 Å². The molecule has 0 radical (unpaired) electrons. The molecule has 20 heavy (non-hydrogen) atoms.